The Labute approximate surface area is 129 Å². The Kier molecular flexibility index (Phi) is 4.39. The smallest absolute Gasteiger partial charge is 0.276 e. The second kappa shape index (κ2) is 6.62. The molecule has 6 heteroatoms. The normalized spacial score (nSPS) is 13.5. The van der Waals surface area contributed by atoms with Crippen molar-refractivity contribution >= 4 is 11.6 Å². The Bertz CT molecular complexity index is 649. The molecule has 116 valence electrons. The van der Waals surface area contributed by atoms with Gasteiger partial charge in [-0.1, -0.05) is 6.92 Å². The van der Waals surface area contributed by atoms with E-state index in [0.717, 1.165) is 42.1 Å². The first-order chi connectivity index (χ1) is 10.8. The average Bonchev–Trinajstić information content (AvgIpc) is 2.98. The van der Waals surface area contributed by atoms with Crippen LogP contribution in [-0.4, -0.2) is 29.3 Å². The molecule has 0 fully saturated rings. The van der Waals surface area contributed by atoms with E-state index in [-0.39, 0.29) is 5.91 Å². The fraction of sp³-hybridized carbons (Fsp3) is 0.375. The number of carbonyl (C=O) groups is 1. The van der Waals surface area contributed by atoms with Crippen LogP contribution >= 0.6 is 0 Å². The van der Waals surface area contributed by atoms with Crippen LogP contribution in [0, 0.1) is 0 Å². The van der Waals surface area contributed by atoms with Gasteiger partial charge in [0.1, 0.15) is 5.75 Å². The van der Waals surface area contributed by atoms with Crippen LogP contribution in [0.1, 0.15) is 35.1 Å². The van der Waals surface area contributed by atoms with Gasteiger partial charge in [0, 0.05) is 36.5 Å². The third-order valence-electron chi connectivity index (χ3n) is 3.61. The molecular weight excluding hydrogens is 280 g/mol. The summed E-state index contributed by atoms with van der Waals surface area (Å²) in [6.45, 7) is 4.35. The number of carbonyl (C=O) groups excluding carboxylic acids is 1. The Morgan fingerprint density at radius 1 is 1.36 bits per heavy atom. The zero-order valence-electron chi connectivity index (χ0n) is 12.6. The molecule has 0 unspecified atom stereocenters. The van der Waals surface area contributed by atoms with Crippen molar-refractivity contribution in [3.05, 3.63) is 41.2 Å². The summed E-state index contributed by atoms with van der Waals surface area (Å²) >= 11 is 0. The third kappa shape index (κ3) is 3.12. The molecule has 1 aromatic heterocycles. The first kappa shape index (κ1) is 14.6. The maximum atomic E-state index is 12.4. The predicted molar refractivity (Wildman–Crippen MR) is 84.2 cm³/mol. The Balaban J connectivity index is 1.67. The van der Waals surface area contributed by atoms with E-state index >= 15 is 0 Å². The molecule has 2 aromatic rings. The molecule has 0 aliphatic carbocycles. The first-order valence-electron chi connectivity index (χ1n) is 7.59. The number of H-pyrrole nitrogens is 1. The Morgan fingerprint density at radius 3 is 2.95 bits per heavy atom. The summed E-state index contributed by atoms with van der Waals surface area (Å²) in [4.78, 5) is 12.4. The van der Waals surface area contributed by atoms with Crippen LogP contribution in [0.2, 0.25) is 0 Å². The number of hydrogen-bond acceptors (Lipinski definition) is 4. The van der Waals surface area contributed by atoms with Crippen molar-refractivity contribution in [3.63, 3.8) is 0 Å². The zero-order valence-corrected chi connectivity index (χ0v) is 12.6. The number of hydrogen-bond donors (Lipinski definition) is 3. The van der Waals surface area contributed by atoms with Crippen molar-refractivity contribution in [2.45, 2.75) is 26.3 Å². The molecule has 0 bridgehead atoms. The number of aromatic nitrogens is 2. The number of amides is 1. The number of aromatic amines is 1. The second-order valence-corrected chi connectivity index (χ2v) is 5.28. The fourth-order valence-electron chi connectivity index (χ4n) is 2.46. The summed E-state index contributed by atoms with van der Waals surface area (Å²) in [7, 11) is 0. The summed E-state index contributed by atoms with van der Waals surface area (Å²) in [5, 5.41) is 13.2. The van der Waals surface area contributed by atoms with E-state index in [1.54, 1.807) is 0 Å². The molecule has 0 saturated heterocycles. The van der Waals surface area contributed by atoms with Crippen LogP contribution in [0.4, 0.5) is 5.69 Å². The van der Waals surface area contributed by atoms with Gasteiger partial charge in [0.15, 0.2) is 5.69 Å². The number of benzene rings is 1. The topological polar surface area (TPSA) is 79.0 Å². The van der Waals surface area contributed by atoms with Crippen LogP contribution in [0.3, 0.4) is 0 Å². The van der Waals surface area contributed by atoms with Crippen molar-refractivity contribution in [2.24, 2.45) is 0 Å². The van der Waals surface area contributed by atoms with Crippen molar-refractivity contribution < 1.29 is 9.53 Å². The summed E-state index contributed by atoms with van der Waals surface area (Å²) in [5.74, 6) is 0.615. The van der Waals surface area contributed by atoms with Gasteiger partial charge in [-0.15, -0.1) is 0 Å². The van der Waals surface area contributed by atoms with Crippen molar-refractivity contribution in [1.82, 2.24) is 15.5 Å². The number of ether oxygens (including phenoxy) is 1. The number of nitrogens with zero attached hydrogens (tertiary/aromatic N) is 1. The highest BCUT2D eigenvalue weighted by Gasteiger charge is 2.21. The van der Waals surface area contributed by atoms with Crippen molar-refractivity contribution in [3.8, 4) is 5.75 Å². The Morgan fingerprint density at radius 2 is 2.18 bits per heavy atom. The molecule has 3 N–H and O–H groups in total. The lowest BCUT2D eigenvalue weighted by molar-refractivity contribution is 0.102. The van der Waals surface area contributed by atoms with Gasteiger partial charge in [-0.3, -0.25) is 9.89 Å². The molecule has 0 saturated carbocycles. The van der Waals surface area contributed by atoms with E-state index in [4.69, 9.17) is 4.74 Å². The molecule has 1 aromatic carbocycles. The fourth-order valence-corrected chi connectivity index (χ4v) is 2.46. The molecule has 3 rings (SSSR count). The monoisotopic (exact) mass is 300 g/mol. The van der Waals surface area contributed by atoms with E-state index < -0.39 is 0 Å². The van der Waals surface area contributed by atoms with E-state index in [1.165, 1.54) is 0 Å². The highest BCUT2D eigenvalue weighted by molar-refractivity contribution is 6.04. The van der Waals surface area contributed by atoms with Crippen LogP contribution in [0.25, 0.3) is 0 Å². The molecule has 1 amide bonds. The Hall–Kier alpha value is -2.34. The number of fused-ring (bicyclic) bond motifs is 1. The van der Waals surface area contributed by atoms with Gasteiger partial charge in [0.2, 0.25) is 0 Å². The molecular formula is C16H20N4O2. The summed E-state index contributed by atoms with van der Waals surface area (Å²) in [6.07, 6.45) is 1.84. The van der Waals surface area contributed by atoms with E-state index in [9.17, 15) is 4.79 Å². The van der Waals surface area contributed by atoms with E-state index in [0.29, 0.717) is 18.8 Å². The number of anilines is 1. The minimum absolute atomic E-state index is 0.191. The van der Waals surface area contributed by atoms with Gasteiger partial charge >= 0.3 is 0 Å². The maximum Gasteiger partial charge on any atom is 0.276 e. The number of rotatable bonds is 5. The predicted octanol–water partition coefficient (Wildman–Crippen LogP) is 2.10. The first-order valence-corrected chi connectivity index (χ1v) is 7.59. The largest absolute Gasteiger partial charge is 0.494 e. The van der Waals surface area contributed by atoms with Gasteiger partial charge in [-0.05, 0) is 30.7 Å². The van der Waals surface area contributed by atoms with Crippen LogP contribution < -0.4 is 15.4 Å². The van der Waals surface area contributed by atoms with Crippen LogP contribution in [-0.2, 0) is 13.0 Å². The van der Waals surface area contributed by atoms with Crippen molar-refractivity contribution in [1.29, 1.82) is 0 Å². The lowest BCUT2D eigenvalue weighted by Crippen LogP contribution is -2.25. The van der Waals surface area contributed by atoms with E-state index in [2.05, 4.69) is 27.8 Å². The van der Waals surface area contributed by atoms with Gasteiger partial charge in [0.05, 0.1) is 6.61 Å². The minimum Gasteiger partial charge on any atom is -0.494 e. The third-order valence-corrected chi connectivity index (χ3v) is 3.61. The van der Waals surface area contributed by atoms with Crippen LogP contribution in [0.15, 0.2) is 24.3 Å². The minimum atomic E-state index is -0.191. The van der Waals surface area contributed by atoms with E-state index in [1.807, 2.05) is 24.3 Å². The molecule has 1 aliphatic rings. The number of nitrogens with one attached hydrogen (secondary N) is 3. The molecule has 2 heterocycles. The zero-order chi connectivity index (χ0) is 15.4. The lowest BCUT2D eigenvalue weighted by Gasteiger charge is -2.13. The highest BCUT2D eigenvalue weighted by Crippen LogP contribution is 2.19. The molecule has 1 aliphatic heterocycles. The molecule has 0 radical (unpaired) electrons. The summed E-state index contributed by atoms with van der Waals surface area (Å²) in [5.41, 5.74) is 3.21. The molecule has 0 atom stereocenters. The average molecular weight is 300 g/mol. The van der Waals surface area contributed by atoms with Gasteiger partial charge < -0.3 is 15.4 Å². The summed E-state index contributed by atoms with van der Waals surface area (Å²) < 4.78 is 5.52. The quantitative estimate of drug-likeness (QED) is 0.790. The highest BCUT2D eigenvalue weighted by atomic mass is 16.5. The van der Waals surface area contributed by atoms with Gasteiger partial charge in [-0.25, -0.2) is 0 Å². The van der Waals surface area contributed by atoms with Gasteiger partial charge in [0.25, 0.3) is 5.91 Å². The SMILES string of the molecule is CCCOc1ccc(NC(=O)c2n[nH]c3c2CNCC3)cc1. The second-order valence-electron chi connectivity index (χ2n) is 5.28. The standard InChI is InChI=1S/C16H20N4O2/c1-2-9-22-12-5-3-11(4-6-12)18-16(21)15-13-10-17-8-7-14(13)19-20-15/h3-6,17H,2,7-10H2,1H3,(H,18,21)(H,19,20). The van der Waals surface area contributed by atoms with Crippen molar-refractivity contribution in [2.75, 3.05) is 18.5 Å². The molecule has 0 spiro atoms. The van der Waals surface area contributed by atoms with Gasteiger partial charge in [-0.2, -0.15) is 5.10 Å². The molecule has 6 nitrogen and oxygen atoms in total. The van der Waals surface area contributed by atoms with Crippen LogP contribution in [0.5, 0.6) is 5.75 Å². The molecule has 22 heavy (non-hydrogen) atoms. The lowest BCUT2D eigenvalue weighted by atomic mass is 10.1. The maximum absolute atomic E-state index is 12.4. The summed E-state index contributed by atoms with van der Waals surface area (Å²) in [6, 6.07) is 7.38.